The predicted octanol–water partition coefficient (Wildman–Crippen LogP) is 3.39. The molecule has 98 valence electrons. The lowest BCUT2D eigenvalue weighted by Gasteiger charge is -2.09. The van der Waals surface area contributed by atoms with E-state index >= 15 is 0 Å². The Morgan fingerprint density at radius 3 is 2.44 bits per heavy atom. The first-order chi connectivity index (χ1) is 8.51. The van der Waals surface area contributed by atoms with Gasteiger partial charge in [-0.05, 0) is 19.1 Å². The van der Waals surface area contributed by atoms with E-state index in [0.29, 0.717) is 0 Å². The molecule has 0 saturated heterocycles. The third kappa shape index (κ3) is 3.12. The number of esters is 1. The SMILES string of the molecule is CCOC(=O)c1ccc(C(=O)CC)c(C(F)F)c1. The van der Waals surface area contributed by atoms with Gasteiger partial charge in [0.15, 0.2) is 5.78 Å². The maximum Gasteiger partial charge on any atom is 0.338 e. The first kappa shape index (κ1) is 14.3. The van der Waals surface area contributed by atoms with Crippen LogP contribution in [0.1, 0.15) is 53.0 Å². The van der Waals surface area contributed by atoms with Crippen LogP contribution in [0.25, 0.3) is 0 Å². The molecule has 18 heavy (non-hydrogen) atoms. The minimum atomic E-state index is -2.80. The Morgan fingerprint density at radius 1 is 1.28 bits per heavy atom. The molecule has 0 saturated carbocycles. The van der Waals surface area contributed by atoms with E-state index in [9.17, 15) is 18.4 Å². The van der Waals surface area contributed by atoms with Crippen molar-refractivity contribution in [2.45, 2.75) is 26.7 Å². The van der Waals surface area contributed by atoms with Crippen LogP contribution in [-0.4, -0.2) is 18.4 Å². The number of ketones is 1. The molecule has 3 nitrogen and oxygen atoms in total. The van der Waals surface area contributed by atoms with E-state index in [1.54, 1.807) is 13.8 Å². The molecule has 0 amide bonds. The highest BCUT2D eigenvalue weighted by Crippen LogP contribution is 2.25. The Morgan fingerprint density at radius 2 is 1.94 bits per heavy atom. The zero-order valence-corrected chi connectivity index (χ0v) is 10.2. The van der Waals surface area contributed by atoms with Crippen LogP contribution in [0.4, 0.5) is 8.78 Å². The lowest BCUT2D eigenvalue weighted by Crippen LogP contribution is -2.09. The van der Waals surface area contributed by atoms with Gasteiger partial charge < -0.3 is 4.74 Å². The second-order valence-electron chi connectivity index (χ2n) is 3.60. The fraction of sp³-hybridized carbons (Fsp3) is 0.385. The summed E-state index contributed by atoms with van der Waals surface area (Å²) < 4.78 is 30.4. The van der Waals surface area contributed by atoms with Gasteiger partial charge in [-0.3, -0.25) is 4.79 Å². The summed E-state index contributed by atoms with van der Waals surface area (Å²) in [4.78, 5) is 22.9. The molecule has 0 atom stereocenters. The van der Waals surface area contributed by atoms with Crippen LogP contribution in [0.15, 0.2) is 18.2 Å². The number of hydrogen-bond donors (Lipinski definition) is 0. The van der Waals surface area contributed by atoms with E-state index in [2.05, 4.69) is 0 Å². The Labute approximate surface area is 104 Å². The smallest absolute Gasteiger partial charge is 0.338 e. The average molecular weight is 256 g/mol. The van der Waals surface area contributed by atoms with Gasteiger partial charge in [0, 0.05) is 17.5 Å². The molecule has 0 aliphatic carbocycles. The van der Waals surface area contributed by atoms with Crippen molar-refractivity contribution >= 4 is 11.8 Å². The molecule has 0 N–H and O–H groups in total. The highest BCUT2D eigenvalue weighted by atomic mass is 19.3. The van der Waals surface area contributed by atoms with Gasteiger partial charge in [0.2, 0.25) is 0 Å². The van der Waals surface area contributed by atoms with Gasteiger partial charge in [0.05, 0.1) is 12.2 Å². The number of hydrogen-bond acceptors (Lipinski definition) is 3. The fourth-order valence-corrected chi connectivity index (χ4v) is 1.53. The molecule has 0 aliphatic heterocycles. The maximum absolute atomic E-state index is 12.8. The summed E-state index contributed by atoms with van der Waals surface area (Å²) in [5.41, 5.74) is -0.437. The molecule has 1 rings (SSSR count). The average Bonchev–Trinajstić information content (AvgIpc) is 2.37. The zero-order valence-electron chi connectivity index (χ0n) is 10.2. The molecule has 0 aromatic heterocycles. The molecule has 0 bridgehead atoms. The molecular formula is C13H14F2O3. The van der Waals surface area contributed by atoms with E-state index < -0.39 is 18.0 Å². The third-order valence-corrected chi connectivity index (χ3v) is 2.42. The van der Waals surface area contributed by atoms with Crippen LogP contribution in [0.3, 0.4) is 0 Å². The van der Waals surface area contributed by atoms with Crippen molar-refractivity contribution in [1.29, 1.82) is 0 Å². The largest absolute Gasteiger partial charge is 0.462 e. The van der Waals surface area contributed by atoms with Gasteiger partial charge in [0.25, 0.3) is 6.43 Å². The molecule has 1 aromatic carbocycles. The third-order valence-electron chi connectivity index (χ3n) is 2.42. The van der Waals surface area contributed by atoms with Gasteiger partial charge >= 0.3 is 5.97 Å². The maximum atomic E-state index is 12.8. The molecule has 0 unspecified atom stereocenters. The summed E-state index contributed by atoms with van der Waals surface area (Å²) in [7, 11) is 0. The van der Waals surface area contributed by atoms with E-state index in [-0.39, 0.29) is 29.9 Å². The normalized spacial score (nSPS) is 10.5. The topological polar surface area (TPSA) is 43.4 Å². The number of carbonyl (C=O) groups excluding carboxylic acids is 2. The van der Waals surface area contributed by atoms with Crippen LogP contribution in [0.2, 0.25) is 0 Å². The fourth-order valence-electron chi connectivity index (χ4n) is 1.53. The monoisotopic (exact) mass is 256 g/mol. The molecule has 1 aromatic rings. The van der Waals surface area contributed by atoms with Gasteiger partial charge in [0.1, 0.15) is 0 Å². The Bertz CT molecular complexity index is 456. The Hall–Kier alpha value is -1.78. The molecule has 0 fully saturated rings. The summed E-state index contributed by atoms with van der Waals surface area (Å²) >= 11 is 0. The first-order valence-corrected chi connectivity index (χ1v) is 5.63. The van der Waals surface area contributed by atoms with Crippen molar-refractivity contribution in [3.63, 3.8) is 0 Å². The number of ether oxygens (including phenoxy) is 1. The van der Waals surface area contributed by atoms with Crippen molar-refractivity contribution in [1.82, 2.24) is 0 Å². The Kier molecular flexibility index (Phi) is 4.95. The first-order valence-electron chi connectivity index (χ1n) is 5.63. The van der Waals surface area contributed by atoms with E-state index in [0.717, 1.165) is 6.07 Å². The molecular weight excluding hydrogens is 242 g/mol. The number of benzene rings is 1. The van der Waals surface area contributed by atoms with Crippen molar-refractivity contribution in [2.24, 2.45) is 0 Å². The Balaban J connectivity index is 3.19. The second kappa shape index (κ2) is 6.23. The second-order valence-corrected chi connectivity index (χ2v) is 3.60. The lowest BCUT2D eigenvalue weighted by atomic mass is 9.99. The van der Waals surface area contributed by atoms with Gasteiger partial charge in [-0.15, -0.1) is 0 Å². The van der Waals surface area contributed by atoms with Gasteiger partial charge in [-0.2, -0.15) is 0 Å². The number of halogens is 2. The zero-order chi connectivity index (χ0) is 13.7. The van der Waals surface area contributed by atoms with Crippen molar-refractivity contribution in [3.8, 4) is 0 Å². The summed E-state index contributed by atoms with van der Waals surface area (Å²) in [5.74, 6) is -1.05. The summed E-state index contributed by atoms with van der Waals surface area (Å²) in [6.45, 7) is 3.39. The minimum Gasteiger partial charge on any atom is -0.462 e. The summed E-state index contributed by atoms with van der Waals surface area (Å²) in [6.07, 6.45) is -2.66. The predicted molar refractivity (Wildman–Crippen MR) is 62.0 cm³/mol. The van der Waals surface area contributed by atoms with Crippen LogP contribution < -0.4 is 0 Å². The number of rotatable bonds is 5. The van der Waals surface area contributed by atoms with E-state index in [1.807, 2.05) is 0 Å². The number of carbonyl (C=O) groups is 2. The lowest BCUT2D eigenvalue weighted by molar-refractivity contribution is 0.0525. The molecule has 0 spiro atoms. The summed E-state index contributed by atoms with van der Waals surface area (Å²) in [5, 5.41) is 0. The van der Waals surface area contributed by atoms with E-state index in [4.69, 9.17) is 4.74 Å². The quantitative estimate of drug-likeness (QED) is 0.599. The summed E-state index contributed by atoms with van der Waals surface area (Å²) in [6, 6.07) is 3.60. The number of alkyl halides is 2. The highest BCUT2D eigenvalue weighted by molar-refractivity contribution is 5.99. The van der Waals surface area contributed by atoms with Crippen LogP contribution >= 0.6 is 0 Å². The molecule has 5 heteroatoms. The van der Waals surface area contributed by atoms with E-state index in [1.165, 1.54) is 12.1 Å². The van der Waals surface area contributed by atoms with Crippen LogP contribution in [0.5, 0.6) is 0 Å². The van der Waals surface area contributed by atoms with Crippen molar-refractivity contribution < 1.29 is 23.1 Å². The van der Waals surface area contributed by atoms with Crippen LogP contribution in [-0.2, 0) is 4.74 Å². The molecule has 0 radical (unpaired) electrons. The molecule has 0 aliphatic rings. The van der Waals surface area contributed by atoms with Gasteiger partial charge in [-0.25, -0.2) is 13.6 Å². The van der Waals surface area contributed by atoms with Gasteiger partial charge in [-0.1, -0.05) is 13.0 Å². The van der Waals surface area contributed by atoms with Crippen molar-refractivity contribution in [3.05, 3.63) is 34.9 Å². The highest BCUT2D eigenvalue weighted by Gasteiger charge is 2.19. The van der Waals surface area contributed by atoms with Crippen molar-refractivity contribution in [2.75, 3.05) is 6.61 Å². The standard InChI is InChI=1S/C13H14F2O3/c1-3-11(16)9-6-5-8(13(17)18-4-2)7-10(9)12(14)15/h5-7,12H,3-4H2,1-2H3. The molecule has 0 heterocycles. The number of Topliss-reactive ketones (excluding diaryl/α,β-unsaturated/α-hetero) is 1. The minimum absolute atomic E-state index is 0.0276. The van der Waals surface area contributed by atoms with Crippen LogP contribution in [0, 0.1) is 0 Å².